The number of hydrogen-bond acceptors (Lipinski definition) is 4. The van der Waals surface area contributed by atoms with Crippen LogP contribution in [-0.2, 0) is 9.84 Å². The molecule has 96 valence electrons. The minimum absolute atomic E-state index is 0.309. The van der Waals surface area contributed by atoms with Crippen molar-refractivity contribution in [3.05, 3.63) is 0 Å². The van der Waals surface area contributed by atoms with Crippen LogP contribution < -0.4 is 5.32 Å². The first kappa shape index (κ1) is 13.9. The van der Waals surface area contributed by atoms with Crippen LogP contribution in [0.15, 0.2) is 0 Å². The highest BCUT2D eigenvalue weighted by molar-refractivity contribution is 7.90. The fourth-order valence-corrected chi connectivity index (χ4v) is 2.85. The average molecular weight is 248 g/mol. The molecule has 1 N–H and O–H groups in total. The number of nitrogens with one attached hydrogen (secondary N) is 1. The van der Waals surface area contributed by atoms with E-state index in [-0.39, 0.29) is 0 Å². The zero-order valence-corrected chi connectivity index (χ0v) is 11.2. The van der Waals surface area contributed by atoms with Gasteiger partial charge in [0.15, 0.2) is 0 Å². The normalized spacial score (nSPS) is 19.2. The lowest BCUT2D eigenvalue weighted by Crippen LogP contribution is -2.35. The molecule has 4 nitrogen and oxygen atoms in total. The highest BCUT2D eigenvalue weighted by Gasteiger charge is 2.14. The molecule has 1 rings (SSSR count). The van der Waals surface area contributed by atoms with Crippen molar-refractivity contribution in [1.82, 2.24) is 10.2 Å². The van der Waals surface area contributed by atoms with Crippen LogP contribution in [0.3, 0.4) is 0 Å². The van der Waals surface area contributed by atoms with Crippen LogP contribution in [0.5, 0.6) is 0 Å². The number of rotatable bonds is 6. The zero-order chi connectivity index (χ0) is 12.0. The molecule has 0 aromatic rings. The zero-order valence-electron chi connectivity index (χ0n) is 10.4. The van der Waals surface area contributed by atoms with Crippen molar-refractivity contribution in [1.29, 1.82) is 0 Å². The summed E-state index contributed by atoms with van der Waals surface area (Å²) in [5.41, 5.74) is 0. The van der Waals surface area contributed by atoms with Gasteiger partial charge < -0.3 is 10.2 Å². The van der Waals surface area contributed by atoms with Crippen LogP contribution in [0.1, 0.15) is 19.3 Å². The summed E-state index contributed by atoms with van der Waals surface area (Å²) in [6.07, 6.45) is 4.55. The molecule has 1 saturated heterocycles. The summed E-state index contributed by atoms with van der Waals surface area (Å²) in [6, 6.07) is 0. The van der Waals surface area contributed by atoms with Crippen LogP contribution in [0.25, 0.3) is 0 Å². The molecular formula is C11H24N2O2S. The van der Waals surface area contributed by atoms with Crippen molar-refractivity contribution >= 4 is 9.84 Å². The lowest BCUT2D eigenvalue weighted by Gasteiger charge is -2.27. The smallest absolute Gasteiger partial charge is 0.147 e. The number of sulfone groups is 1. The molecule has 1 aliphatic heterocycles. The molecule has 16 heavy (non-hydrogen) atoms. The second kappa shape index (κ2) is 6.57. The van der Waals surface area contributed by atoms with E-state index in [2.05, 4.69) is 17.3 Å². The number of hydrogen-bond donors (Lipinski definition) is 1. The van der Waals surface area contributed by atoms with Crippen molar-refractivity contribution in [2.75, 3.05) is 45.2 Å². The Kier molecular flexibility index (Phi) is 5.72. The van der Waals surface area contributed by atoms with Crippen LogP contribution in [0.4, 0.5) is 0 Å². The van der Waals surface area contributed by atoms with Crippen LogP contribution >= 0.6 is 0 Å². The summed E-state index contributed by atoms with van der Waals surface area (Å²) in [6.45, 7) is 4.24. The molecule has 0 atom stereocenters. The third-order valence-electron chi connectivity index (χ3n) is 3.08. The maximum atomic E-state index is 11.0. The van der Waals surface area contributed by atoms with Crippen molar-refractivity contribution in [2.24, 2.45) is 5.92 Å². The largest absolute Gasteiger partial charge is 0.317 e. The van der Waals surface area contributed by atoms with Gasteiger partial charge in [0.25, 0.3) is 0 Å². The molecule has 0 radical (unpaired) electrons. The van der Waals surface area contributed by atoms with E-state index in [9.17, 15) is 8.42 Å². The van der Waals surface area contributed by atoms with Gasteiger partial charge >= 0.3 is 0 Å². The molecule has 0 aromatic heterocycles. The Bertz CT molecular complexity index is 284. The number of piperidine rings is 1. The molecule has 0 amide bonds. The van der Waals surface area contributed by atoms with Gasteiger partial charge in [0.05, 0.1) is 5.75 Å². The first-order valence-electron chi connectivity index (χ1n) is 6.04. The van der Waals surface area contributed by atoms with Crippen molar-refractivity contribution < 1.29 is 8.42 Å². The van der Waals surface area contributed by atoms with E-state index in [0.717, 1.165) is 38.5 Å². The summed E-state index contributed by atoms with van der Waals surface area (Å²) in [7, 11) is -0.702. The molecule has 0 unspecified atom stereocenters. The lowest BCUT2D eigenvalue weighted by atomic mass is 9.98. The Hall–Kier alpha value is -0.130. The Morgan fingerprint density at radius 2 is 1.94 bits per heavy atom. The van der Waals surface area contributed by atoms with E-state index in [1.165, 1.54) is 19.1 Å². The first-order valence-corrected chi connectivity index (χ1v) is 8.10. The maximum Gasteiger partial charge on any atom is 0.147 e. The Balaban J connectivity index is 2.12. The SMILES string of the molecule is CN(CCCS(C)(=O)=O)CC1CCNCC1. The van der Waals surface area contributed by atoms with Crippen molar-refractivity contribution in [3.63, 3.8) is 0 Å². The van der Waals surface area contributed by atoms with E-state index < -0.39 is 9.84 Å². The van der Waals surface area contributed by atoms with Gasteiger partial charge in [0.1, 0.15) is 9.84 Å². The standard InChI is InChI=1S/C11H24N2O2S/c1-13(8-3-9-16(2,14)15)10-11-4-6-12-7-5-11/h11-12H,3-10H2,1-2H3. The minimum Gasteiger partial charge on any atom is -0.317 e. The van der Waals surface area contributed by atoms with E-state index in [1.54, 1.807) is 0 Å². The quantitative estimate of drug-likeness (QED) is 0.737. The predicted molar refractivity (Wildman–Crippen MR) is 67.4 cm³/mol. The molecule has 0 aliphatic carbocycles. The van der Waals surface area contributed by atoms with E-state index >= 15 is 0 Å². The molecule has 1 fully saturated rings. The summed E-state index contributed by atoms with van der Waals surface area (Å²) >= 11 is 0. The van der Waals surface area contributed by atoms with Crippen LogP contribution in [0, 0.1) is 5.92 Å². The van der Waals surface area contributed by atoms with Gasteiger partial charge in [-0.3, -0.25) is 0 Å². The topological polar surface area (TPSA) is 49.4 Å². The highest BCUT2D eigenvalue weighted by atomic mass is 32.2. The van der Waals surface area contributed by atoms with Crippen molar-refractivity contribution in [2.45, 2.75) is 19.3 Å². The summed E-state index contributed by atoms with van der Waals surface area (Å²) < 4.78 is 22.0. The number of nitrogens with zero attached hydrogens (tertiary/aromatic N) is 1. The molecule has 0 bridgehead atoms. The second-order valence-corrected chi connectivity index (χ2v) is 7.20. The third-order valence-corrected chi connectivity index (χ3v) is 4.11. The summed E-state index contributed by atoms with van der Waals surface area (Å²) in [5.74, 6) is 1.09. The van der Waals surface area contributed by atoms with E-state index in [4.69, 9.17) is 0 Å². The van der Waals surface area contributed by atoms with E-state index in [1.807, 2.05) is 0 Å². The van der Waals surface area contributed by atoms with Gasteiger partial charge in [0.2, 0.25) is 0 Å². The average Bonchev–Trinajstić information content (AvgIpc) is 2.17. The molecular weight excluding hydrogens is 224 g/mol. The Morgan fingerprint density at radius 3 is 2.50 bits per heavy atom. The molecule has 1 aliphatic rings. The monoisotopic (exact) mass is 248 g/mol. The van der Waals surface area contributed by atoms with Crippen molar-refractivity contribution in [3.8, 4) is 0 Å². The fraction of sp³-hybridized carbons (Fsp3) is 1.00. The molecule has 0 saturated carbocycles. The van der Waals surface area contributed by atoms with Gasteiger partial charge in [-0.05, 0) is 51.9 Å². The molecule has 5 heteroatoms. The predicted octanol–water partition coefficient (Wildman–Crippen LogP) is 0.353. The molecule has 0 spiro atoms. The fourth-order valence-electron chi connectivity index (χ4n) is 2.19. The van der Waals surface area contributed by atoms with Gasteiger partial charge in [-0.2, -0.15) is 0 Å². The Labute approximate surface area is 99.3 Å². The Morgan fingerprint density at radius 1 is 1.31 bits per heavy atom. The summed E-state index contributed by atoms with van der Waals surface area (Å²) in [4.78, 5) is 2.27. The highest BCUT2D eigenvalue weighted by Crippen LogP contribution is 2.12. The van der Waals surface area contributed by atoms with Crippen LogP contribution in [-0.4, -0.2) is 58.6 Å². The third kappa shape index (κ3) is 6.45. The summed E-state index contributed by atoms with van der Waals surface area (Å²) in [5, 5.41) is 3.35. The van der Waals surface area contributed by atoms with Gasteiger partial charge in [-0.1, -0.05) is 0 Å². The van der Waals surface area contributed by atoms with E-state index in [0.29, 0.717) is 5.75 Å². The van der Waals surface area contributed by atoms with Crippen LogP contribution in [0.2, 0.25) is 0 Å². The first-order chi connectivity index (χ1) is 7.47. The minimum atomic E-state index is -2.79. The van der Waals surface area contributed by atoms with Gasteiger partial charge in [-0.25, -0.2) is 8.42 Å². The molecule has 0 aromatic carbocycles. The van der Waals surface area contributed by atoms with Gasteiger partial charge in [0, 0.05) is 12.8 Å². The maximum absolute atomic E-state index is 11.0. The second-order valence-electron chi connectivity index (χ2n) is 4.94. The van der Waals surface area contributed by atoms with Gasteiger partial charge in [-0.15, -0.1) is 0 Å². The molecule has 1 heterocycles. The lowest BCUT2D eigenvalue weighted by molar-refractivity contribution is 0.241.